The summed E-state index contributed by atoms with van der Waals surface area (Å²) in [5, 5.41) is 8.77. The summed E-state index contributed by atoms with van der Waals surface area (Å²) in [5.74, 6) is -1.05. The molecule has 1 aromatic rings. The van der Waals surface area contributed by atoms with Crippen LogP contribution in [0.3, 0.4) is 0 Å². The van der Waals surface area contributed by atoms with Gasteiger partial charge >= 0.3 is 0 Å². The van der Waals surface area contributed by atoms with Gasteiger partial charge < -0.3 is 5.32 Å². The molecular weight excluding hydrogens is 236 g/mol. The largest absolute Gasteiger partial charge is 0.342 e. The first kappa shape index (κ1) is 12.3. The van der Waals surface area contributed by atoms with Crippen molar-refractivity contribution in [2.24, 2.45) is 0 Å². The van der Waals surface area contributed by atoms with E-state index in [9.17, 15) is 14.4 Å². The molecule has 0 bridgehead atoms. The van der Waals surface area contributed by atoms with Gasteiger partial charge in [-0.25, -0.2) is 0 Å². The fraction of sp³-hybridized carbons (Fsp3) is 0.455. The highest BCUT2D eigenvalue weighted by Gasteiger charge is 2.29. The van der Waals surface area contributed by atoms with Crippen LogP contribution >= 0.6 is 0 Å². The SMILES string of the molecule is CC(C(=O)NC1CCC(=O)NC1=O)n1cccn1. The summed E-state index contributed by atoms with van der Waals surface area (Å²) < 4.78 is 1.50. The van der Waals surface area contributed by atoms with E-state index in [1.54, 1.807) is 25.4 Å². The molecule has 2 atom stereocenters. The molecule has 0 radical (unpaired) electrons. The van der Waals surface area contributed by atoms with Gasteiger partial charge in [0.1, 0.15) is 12.1 Å². The maximum atomic E-state index is 11.9. The molecule has 1 fully saturated rings. The first-order valence-corrected chi connectivity index (χ1v) is 5.71. The van der Waals surface area contributed by atoms with Crippen LogP contribution in [0.15, 0.2) is 18.5 Å². The van der Waals surface area contributed by atoms with Crippen LogP contribution in [-0.4, -0.2) is 33.5 Å². The molecule has 1 aliphatic heterocycles. The average molecular weight is 250 g/mol. The van der Waals surface area contributed by atoms with E-state index in [1.165, 1.54) is 4.68 Å². The van der Waals surface area contributed by atoms with Crippen molar-refractivity contribution >= 4 is 17.7 Å². The second kappa shape index (κ2) is 4.99. The van der Waals surface area contributed by atoms with Crippen LogP contribution in [0.5, 0.6) is 0 Å². The van der Waals surface area contributed by atoms with E-state index >= 15 is 0 Å². The zero-order valence-electron chi connectivity index (χ0n) is 9.92. The van der Waals surface area contributed by atoms with Crippen LogP contribution < -0.4 is 10.6 Å². The highest BCUT2D eigenvalue weighted by Crippen LogP contribution is 2.08. The van der Waals surface area contributed by atoms with E-state index in [2.05, 4.69) is 15.7 Å². The van der Waals surface area contributed by atoms with E-state index in [4.69, 9.17) is 0 Å². The lowest BCUT2D eigenvalue weighted by molar-refractivity contribution is -0.137. The minimum absolute atomic E-state index is 0.243. The highest BCUT2D eigenvalue weighted by atomic mass is 16.2. The molecule has 7 nitrogen and oxygen atoms in total. The number of carbonyl (C=O) groups excluding carboxylic acids is 3. The lowest BCUT2D eigenvalue weighted by atomic mass is 10.1. The van der Waals surface area contributed by atoms with Crippen LogP contribution in [-0.2, 0) is 14.4 Å². The predicted molar refractivity (Wildman–Crippen MR) is 61.3 cm³/mol. The molecule has 0 saturated carbocycles. The van der Waals surface area contributed by atoms with Gasteiger partial charge in [0, 0.05) is 18.8 Å². The number of piperidine rings is 1. The second-order valence-corrected chi connectivity index (χ2v) is 4.17. The molecule has 7 heteroatoms. The molecule has 1 saturated heterocycles. The lowest BCUT2D eigenvalue weighted by Gasteiger charge is -2.23. The van der Waals surface area contributed by atoms with Gasteiger partial charge in [-0.3, -0.25) is 24.4 Å². The van der Waals surface area contributed by atoms with Gasteiger partial charge in [0.15, 0.2) is 0 Å². The van der Waals surface area contributed by atoms with Crippen molar-refractivity contribution in [3.05, 3.63) is 18.5 Å². The van der Waals surface area contributed by atoms with Crippen molar-refractivity contribution in [1.82, 2.24) is 20.4 Å². The Kier molecular flexibility index (Phi) is 3.40. The molecule has 1 aromatic heterocycles. The molecule has 2 heterocycles. The molecule has 0 aliphatic carbocycles. The van der Waals surface area contributed by atoms with E-state index in [0.717, 1.165) is 0 Å². The summed E-state index contributed by atoms with van der Waals surface area (Å²) >= 11 is 0. The minimum Gasteiger partial charge on any atom is -0.342 e. The number of aromatic nitrogens is 2. The van der Waals surface area contributed by atoms with Gasteiger partial charge in [-0.15, -0.1) is 0 Å². The number of hydrogen-bond acceptors (Lipinski definition) is 4. The van der Waals surface area contributed by atoms with Crippen molar-refractivity contribution < 1.29 is 14.4 Å². The molecule has 2 rings (SSSR count). The Bertz CT molecular complexity index is 469. The Hall–Kier alpha value is -2.18. The van der Waals surface area contributed by atoms with E-state index in [1.807, 2.05) is 0 Å². The standard InChI is InChI=1S/C11H14N4O3/c1-7(15-6-2-5-12-15)10(17)13-8-3-4-9(16)14-11(8)18/h2,5-8H,3-4H2,1H3,(H,13,17)(H,14,16,18). The van der Waals surface area contributed by atoms with Crippen LogP contribution in [0.2, 0.25) is 0 Å². The molecule has 96 valence electrons. The van der Waals surface area contributed by atoms with Crippen LogP contribution in [0.25, 0.3) is 0 Å². The number of nitrogens with zero attached hydrogens (tertiary/aromatic N) is 2. The summed E-state index contributed by atoms with van der Waals surface area (Å²) in [7, 11) is 0. The van der Waals surface area contributed by atoms with Crippen LogP contribution in [0, 0.1) is 0 Å². The number of carbonyl (C=O) groups is 3. The van der Waals surface area contributed by atoms with Crippen molar-refractivity contribution in [1.29, 1.82) is 0 Å². The Balaban J connectivity index is 1.95. The number of rotatable bonds is 3. The zero-order valence-corrected chi connectivity index (χ0v) is 9.92. The smallest absolute Gasteiger partial charge is 0.249 e. The zero-order chi connectivity index (χ0) is 13.1. The Morgan fingerprint density at radius 1 is 1.61 bits per heavy atom. The monoisotopic (exact) mass is 250 g/mol. The van der Waals surface area contributed by atoms with E-state index in [-0.39, 0.29) is 18.2 Å². The molecule has 2 N–H and O–H groups in total. The quantitative estimate of drug-likeness (QED) is 0.698. The Morgan fingerprint density at radius 2 is 2.39 bits per heavy atom. The molecule has 0 spiro atoms. The Morgan fingerprint density at radius 3 is 3.00 bits per heavy atom. The fourth-order valence-electron chi connectivity index (χ4n) is 1.75. The van der Waals surface area contributed by atoms with Gasteiger partial charge in [-0.05, 0) is 19.4 Å². The van der Waals surface area contributed by atoms with Crippen LogP contribution in [0.4, 0.5) is 0 Å². The number of amides is 3. The normalized spacial score (nSPS) is 21.3. The van der Waals surface area contributed by atoms with E-state index in [0.29, 0.717) is 6.42 Å². The van der Waals surface area contributed by atoms with Gasteiger partial charge in [-0.2, -0.15) is 5.10 Å². The molecule has 0 aromatic carbocycles. The topological polar surface area (TPSA) is 93.1 Å². The van der Waals surface area contributed by atoms with Crippen molar-refractivity contribution in [2.45, 2.75) is 31.8 Å². The van der Waals surface area contributed by atoms with Gasteiger partial charge in [-0.1, -0.05) is 0 Å². The first-order valence-electron chi connectivity index (χ1n) is 5.71. The summed E-state index contributed by atoms with van der Waals surface area (Å²) in [6.45, 7) is 1.69. The van der Waals surface area contributed by atoms with Gasteiger partial charge in [0.25, 0.3) is 0 Å². The first-order chi connectivity index (χ1) is 8.58. The number of nitrogens with one attached hydrogen (secondary N) is 2. The third-order valence-corrected chi connectivity index (χ3v) is 2.86. The van der Waals surface area contributed by atoms with Gasteiger partial charge in [0.05, 0.1) is 0 Å². The average Bonchev–Trinajstić information content (AvgIpc) is 2.85. The van der Waals surface area contributed by atoms with Crippen molar-refractivity contribution in [2.75, 3.05) is 0 Å². The van der Waals surface area contributed by atoms with Crippen molar-refractivity contribution in [3.8, 4) is 0 Å². The van der Waals surface area contributed by atoms with Gasteiger partial charge in [0.2, 0.25) is 17.7 Å². The second-order valence-electron chi connectivity index (χ2n) is 4.17. The third-order valence-electron chi connectivity index (χ3n) is 2.86. The molecule has 3 amide bonds. The number of imide groups is 1. The Labute approximate surface area is 104 Å². The van der Waals surface area contributed by atoms with E-state index < -0.39 is 18.0 Å². The predicted octanol–water partition coefficient (Wildman–Crippen LogP) is -0.634. The molecule has 2 unspecified atom stereocenters. The lowest BCUT2D eigenvalue weighted by Crippen LogP contribution is -2.53. The molecular formula is C11H14N4O3. The van der Waals surface area contributed by atoms with Crippen LogP contribution in [0.1, 0.15) is 25.8 Å². The highest BCUT2D eigenvalue weighted by molar-refractivity contribution is 6.01. The maximum absolute atomic E-state index is 11.9. The minimum atomic E-state index is -0.645. The maximum Gasteiger partial charge on any atom is 0.249 e. The fourth-order valence-corrected chi connectivity index (χ4v) is 1.75. The summed E-state index contributed by atoms with van der Waals surface area (Å²) in [5.41, 5.74) is 0. The molecule has 1 aliphatic rings. The third kappa shape index (κ3) is 2.55. The summed E-state index contributed by atoms with van der Waals surface area (Å²) in [6.07, 6.45) is 3.83. The number of hydrogen-bond donors (Lipinski definition) is 2. The van der Waals surface area contributed by atoms with Crippen molar-refractivity contribution in [3.63, 3.8) is 0 Å². The molecule has 18 heavy (non-hydrogen) atoms. The summed E-state index contributed by atoms with van der Waals surface area (Å²) in [6, 6.07) is 0.578. The summed E-state index contributed by atoms with van der Waals surface area (Å²) in [4.78, 5) is 34.3.